The summed E-state index contributed by atoms with van der Waals surface area (Å²) in [5.74, 6) is 1.02. The lowest BCUT2D eigenvalue weighted by atomic mass is 10.4. The summed E-state index contributed by atoms with van der Waals surface area (Å²) in [4.78, 5) is 0. The summed E-state index contributed by atoms with van der Waals surface area (Å²) in [5, 5.41) is 0. The van der Waals surface area contributed by atoms with Gasteiger partial charge in [-0.3, -0.25) is 0 Å². The molecule has 1 unspecified atom stereocenters. The summed E-state index contributed by atoms with van der Waals surface area (Å²) >= 11 is 0.123. The van der Waals surface area contributed by atoms with E-state index >= 15 is 0 Å². The molecule has 2 rings (SSSR count). The van der Waals surface area contributed by atoms with Gasteiger partial charge in [0.25, 0.3) is 0 Å². The maximum Gasteiger partial charge on any atom is 0.125 e. The van der Waals surface area contributed by atoms with Gasteiger partial charge >= 0.3 is 0 Å². The van der Waals surface area contributed by atoms with Crippen LogP contribution in [0.2, 0.25) is 0 Å². The van der Waals surface area contributed by atoms with E-state index in [1.807, 2.05) is 6.08 Å². The average Bonchev–Trinajstić information content (AvgIpc) is 2.86. The molecular weight excluding hydrogens is 255 g/mol. The largest absolute Gasteiger partial charge is 0.490 e. The fourth-order valence-electron chi connectivity index (χ4n) is 0.741. The van der Waals surface area contributed by atoms with E-state index in [4.69, 9.17) is 9.47 Å². The summed E-state index contributed by atoms with van der Waals surface area (Å²) in [5.41, 5.74) is 0. The first-order chi connectivity index (χ1) is 5.45. The second kappa shape index (κ2) is 3.49. The van der Waals surface area contributed by atoms with Gasteiger partial charge in [-0.2, -0.15) is 0 Å². The number of epoxide rings is 1. The molecule has 0 aromatic carbocycles. The van der Waals surface area contributed by atoms with Gasteiger partial charge in [0.15, 0.2) is 0 Å². The summed E-state index contributed by atoms with van der Waals surface area (Å²) < 4.78 is 14.9. The molecule has 0 aromatic rings. The highest BCUT2D eigenvalue weighted by atomic mass is 127. The number of hydrogen-bond acceptors (Lipinski definition) is 2. The summed E-state index contributed by atoms with van der Waals surface area (Å²) in [6, 6.07) is 0. The number of ether oxygens (including phenoxy) is 2. The van der Waals surface area contributed by atoms with Gasteiger partial charge in [0.05, 0.1) is 6.61 Å². The van der Waals surface area contributed by atoms with Crippen molar-refractivity contribution in [1.82, 2.24) is 0 Å². The molecule has 1 atom stereocenters. The minimum atomic E-state index is 0.123. The fourth-order valence-corrected chi connectivity index (χ4v) is 2.14. The molecule has 0 radical (unpaired) electrons. The summed E-state index contributed by atoms with van der Waals surface area (Å²) in [6.07, 6.45) is 4.44. The van der Waals surface area contributed by atoms with Gasteiger partial charge in [0.1, 0.15) is 18.5 Å². The number of halogens is 1. The molecular formula is C8H9IO2. The van der Waals surface area contributed by atoms with Crippen LogP contribution in [0.3, 0.4) is 0 Å². The highest BCUT2D eigenvalue weighted by Crippen LogP contribution is 2.16. The van der Waals surface area contributed by atoms with Crippen molar-refractivity contribution in [3.05, 3.63) is 22.0 Å². The molecule has 2 nitrogen and oxygen atoms in total. The van der Waals surface area contributed by atoms with Crippen LogP contribution in [-0.2, 0) is 9.47 Å². The average molecular weight is 264 g/mol. The standard InChI is InChI=1S/C8H9IO2/c1-2-7(4-9-3-1)10-5-8-6-11-8/h1-4,8H,5-6H2. The molecule has 2 aliphatic rings. The van der Waals surface area contributed by atoms with Gasteiger partial charge in [0.2, 0.25) is 0 Å². The Morgan fingerprint density at radius 2 is 2.64 bits per heavy atom. The van der Waals surface area contributed by atoms with Crippen LogP contribution in [0.5, 0.6) is 0 Å². The van der Waals surface area contributed by atoms with Crippen LogP contribution in [0.15, 0.2) is 22.0 Å². The van der Waals surface area contributed by atoms with Gasteiger partial charge in [-0.1, -0.05) is 26.8 Å². The topological polar surface area (TPSA) is 21.8 Å². The van der Waals surface area contributed by atoms with Crippen LogP contribution in [0.25, 0.3) is 0 Å². The Hall–Kier alpha value is -0.160. The summed E-state index contributed by atoms with van der Waals surface area (Å²) in [6.45, 7) is 1.60. The molecule has 1 fully saturated rings. The molecule has 0 aromatic heterocycles. The van der Waals surface area contributed by atoms with Crippen LogP contribution in [0.4, 0.5) is 0 Å². The normalized spacial score (nSPS) is 27.3. The lowest BCUT2D eigenvalue weighted by Gasteiger charge is -2.04. The van der Waals surface area contributed by atoms with Crippen molar-refractivity contribution in [1.29, 1.82) is 0 Å². The van der Waals surface area contributed by atoms with E-state index in [0.717, 1.165) is 19.0 Å². The first-order valence-corrected chi connectivity index (χ1v) is 6.01. The van der Waals surface area contributed by atoms with Crippen LogP contribution >= 0.6 is 20.7 Å². The maximum atomic E-state index is 5.46. The van der Waals surface area contributed by atoms with Crippen molar-refractivity contribution in [2.75, 3.05) is 13.2 Å². The van der Waals surface area contributed by atoms with E-state index in [1.54, 1.807) is 0 Å². The van der Waals surface area contributed by atoms with Crippen molar-refractivity contribution < 1.29 is 9.47 Å². The van der Waals surface area contributed by atoms with Gasteiger partial charge in [-0.05, 0) is 10.1 Å². The zero-order valence-corrected chi connectivity index (χ0v) is 8.15. The van der Waals surface area contributed by atoms with Crippen molar-refractivity contribution in [2.45, 2.75) is 6.10 Å². The maximum absolute atomic E-state index is 5.46. The van der Waals surface area contributed by atoms with E-state index in [2.05, 4.69) is 14.2 Å². The number of allylic oxidation sites excluding steroid dienone is 2. The second-order valence-corrected chi connectivity index (χ2v) is 4.45. The van der Waals surface area contributed by atoms with Gasteiger partial charge < -0.3 is 9.47 Å². The van der Waals surface area contributed by atoms with Crippen LogP contribution in [0.1, 0.15) is 0 Å². The molecule has 0 N–H and O–H groups in total. The predicted molar refractivity (Wildman–Crippen MR) is 53.0 cm³/mol. The fraction of sp³-hybridized carbons (Fsp3) is 0.375. The number of hydrogen-bond donors (Lipinski definition) is 0. The lowest BCUT2D eigenvalue weighted by Crippen LogP contribution is -1.99. The second-order valence-electron chi connectivity index (χ2n) is 2.39. The van der Waals surface area contributed by atoms with E-state index in [-0.39, 0.29) is 20.7 Å². The quantitative estimate of drug-likeness (QED) is 0.570. The lowest BCUT2D eigenvalue weighted by molar-refractivity contribution is 0.194. The van der Waals surface area contributed by atoms with Gasteiger partial charge in [0, 0.05) is 4.08 Å². The Morgan fingerprint density at radius 3 is 3.27 bits per heavy atom. The third kappa shape index (κ3) is 2.41. The molecule has 1 saturated heterocycles. The monoisotopic (exact) mass is 264 g/mol. The van der Waals surface area contributed by atoms with E-state index in [0.29, 0.717) is 6.10 Å². The minimum absolute atomic E-state index is 0.123. The van der Waals surface area contributed by atoms with Crippen molar-refractivity contribution in [3.8, 4) is 0 Å². The van der Waals surface area contributed by atoms with Gasteiger partial charge in [-0.25, -0.2) is 0 Å². The highest BCUT2D eigenvalue weighted by Gasteiger charge is 2.23. The molecule has 2 heterocycles. The molecule has 2 aliphatic heterocycles. The Kier molecular flexibility index (Phi) is 2.38. The molecule has 3 heteroatoms. The van der Waals surface area contributed by atoms with E-state index < -0.39 is 0 Å². The molecule has 0 bridgehead atoms. The minimum Gasteiger partial charge on any atom is -0.490 e. The molecule has 0 amide bonds. The van der Waals surface area contributed by atoms with Crippen LogP contribution in [0, 0.1) is 0 Å². The van der Waals surface area contributed by atoms with Crippen LogP contribution in [-0.4, -0.2) is 23.3 Å². The summed E-state index contributed by atoms with van der Waals surface area (Å²) in [7, 11) is 0. The van der Waals surface area contributed by atoms with Crippen molar-refractivity contribution >= 4 is 24.7 Å². The third-order valence-corrected chi connectivity index (χ3v) is 3.22. The van der Waals surface area contributed by atoms with Gasteiger partial charge in [-0.15, -0.1) is 0 Å². The van der Waals surface area contributed by atoms with Crippen molar-refractivity contribution in [2.24, 2.45) is 0 Å². The van der Waals surface area contributed by atoms with Crippen molar-refractivity contribution in [3.63, 3.8) is 0 Å². The van der Waals surface area contributed by atoms with Crippen LogP contribution < -0.4 is 0 Å². The Labute approximate surface area is 75.6 Å². The predicted octanol–water partition coefficient (Wildman–Crippen LogP) is 1.59. The van der Waals surface area contributed by atoms with E-state index in [1.165, 1.54) is 0 Å². The zero-order valence-electron chi connectivity index (χ0n) is 6.00. The third-order valence-electron chi connectivity index (χ3n) is 1.41. The first kappa shape index (κ1) is 7.49. The zero-order chi connectivity index (χ0) is 7.52. The van der Waals surface area contributed by atoms with E-state index in [9.17, 15) is 0 Å². The Morgan fingerprint density at radius 1 is 1.73 bits per heavy atom. The smallest absolute Gasteiger partial charge is 0.125 e. The highest BCUT2D eigenvalue weighted by molar-refractivity contribution is 14.2. The number of rotatable bonds is 3. The molecule has 11 heavy (non-hydrogen) atoms. The SMILES string of the molecule is C1=CC(OCC2CO2)=CI=C1. The molecule has 0 saturated carbocycles. The first-order valence-electron chi connectivity index (χ1n) is 3.51. The molecule has 0 aliphatic carbocycles. The molecule has 60 valence electrons. The Balaban J connectivity index is 1.80. The Bertz CT molecular complexity index is 226. The molecule has 0 spiro atoms.